The summed E-state index contributed by atoms with van der Waals surface area (Å²) in [6.45, 7) is 10.2. The van der Waals surface area contributed by atoms with Crippen molar-refractivity contribution in [2.45, 2.75) is 26.8 Å². The van der Waals surface area contributed by atoms with Crippen molar-refractivity contribution in [2.24, 2.45) is 0 Å². The summed E-state index contributed by atoms with van der Waals surface area (Å²) in [5, 5.41) is 3.44. The average molecular weight is 430 g/mol. The van der Waals surface area contributed by atoms with Crippen molar-refractivity contribution >= 4 is 28.5 Å². The van der Waals surface area contributed by atoms with Crippen LogP contribution in [0.4, 0.5) is 0 Å². The molecule has 2 N–H and O–H groups in total. The quantitative estimate of drug-likeness (QED) is 0.319. The Hall–Kier alpha value is -2.71. The highest BCUT2D eigenvalue weighted by Gasteiger charge is 2.23. The number of ether oxygens (including phenoxy) is 1. The average Bonchev–Trinajstić information content (AvgIpc) is 3.17. The summed E-state index contributed by atoms with van der Waals surface area (Å²) in [4.78, 5) is 41.3. The number of para-hydroxylation sites is 1. The normalized spacial score (nSPS) is 14.2. The Labute approximate surface area is 183 Å². The molecule has 0 aliphatic carbocycles. The number of hydrogen-bond acceptors (Lipinski definition) is 4. The standard InChI is InChI=1S/C23H32N4O4/c1-3-25(4-2)11-7-10-24-23(30)22(29)19-16-27(20-9-6-5-8-18(19)20)17-21(28)26-12-14-31-15-13-26/h5-6,8-9,16H,3-4,7,10-15,17H2,1-2H3,(H,24,30)/p+1. The molecule has 2 aromatic rings. The third-order valence-electron chi connectivity index (χ3n) is 5.90. The lowest BCUT2D eigenvalue weighted by Gasteiger charge is -2.27. The molecule has 0 unspecified atom stereocenters. The van der Waals surface area contributed by atoms with E-state index in [1.807, 2.05) is 24.3 Å². The number of fused-ring (bicyclic) bond motifs is 1. The van der Waals surface area contributed by atoms with Crippen LogP contribution < -0.4 is 10.2 Å². The number of nitrogens with zero attached hydrogens (tertiary/aromatic N) is 2. The summed E-state index contributed by atoms with van der Waals surface area (Å²) < 4.78 is 7.07. The molecule has 0 radical (unpaired) electrons. The van der Waals surface area contributed by atoms with E-state index in [0.29, 0.717) is 43.8 Å². The van der Waals surface area contributed by atoms with E-state index in [9.17, 15) is 14.4 Å². The summed E-state index contributed by atoms with van der Waals surface area (Å²) in [7, 11) is 0. The molecule has 8 heteroatoms. The fourth-order valence-corrected chi connectivity index (χ4v) is 3.96. The number of ketones is 1. The maximum absolute atomic E-state index is 12.9. The van der Waals surface area contributed by atoms with E-state index >= 15 is 0 Å². The summed E-state index contributed by atoms with van der Waals surface area (Å²) in [6.07, 6.45) is 2.46. The van der Waals surface area contributed by atoms with Crippen molar-refractivity contribution in [2.75, 3.05) is 52.5 Å². The lowest BCUT2D eigenvalue weighted by atomic mass is 10.1. The smallest absolute Gasteiger partial charge is 0.292 e. The van der Waals surface area contributed by atoms with E-state index in [1.54, 1.807) is 15.7 Å². The number of morpholine rings is 1. The second-order valence-electron chi connectivity index (χ2n) is 7.83. The number of aromatic nitrogens is 1. The minimum absolute atomic E-state index is 0.0218. The van der Waals surface area contributed by atoms with E-state index in [0.717, 1.165) is 31.6 Å². The van der Waals surface area contributed by atoms with Crippen LogP contribution in [0.3, 0.4) is 0 Å². The number of carbonyl (C=O) groups excluding carboxylic acids is 3. The van der Waals surface area contributed by atoms with Gasteiger partial charge in [-0.05, 0) is 19.9 Å². The van der Waals surface area contributed by atoms with Gasteiger partial charge in [-0.25, -0.2) is 0 Å². The second kappa shape index (κ2) is 11.1. The van der Waals surface area contributed by atoms with Gasteiger partial charge >= 0.3 is 0 Å². The summed E-state index contributed by atoms with van der Waals surface area (Å²) in [5.74, 6) is -1.19. The van der Waals surface area contributed by atoms with E-state index in [2.05, 4.69) is 19.2 Å². The van der Waals surface area contributed by atoms with Crippen LogP contribution in [0.2, 0.25) is 0 Å². The molecule has 2 amide bonds. The molecule has 1 saturated heterocycles. The lowest BCUT2D eigenvalue weighted by molar-refractivity contribution is -0.896. The van der Waals surface area contributed by atoms with Gasteiger partial charge in [0.2, 0.25) is 5.91 Å². The highest BCUT2D eigenvalue weighted by atomic mass is 16.5. The van der Waals surface area contributed by atoms with E-state index in [1.165, 1.54) is 4.90 Å². The molecule has 168 valence electrons. The maximum Gasteiger partial charge on any atom is 0.292 e. The van der Waals surface area contributed by atoms with Crippen LogP contribution in [0.25, 0.3) is 10.9 Å². The van der Waals surface area contributed by atoms with Crippen LogP contribution in [-0.2, 0) is 20.9 Å². The van der Waals surface area contributed by atoms with E-state index < -0.39 is 11.7 Å². The second-order valence-corrected chi connectivity index (χ2v) is 7.83. The Morgan fingerprint density at radius 1 is 1.10 bits per heavy atom. The number of amides is 2. The van der Waals surface area contributed by atoms with Crippen LogP contribution in [0.15, 0.2) is 30.5 Å². The number of benzene rings is 1. The van der Waals surface area contributed by atoms with Gasteiger partial charge in [0.05, 0.1) is 38.4 Å². The van der Waals surface area contributed by atoms with Crippen LogP contribution in [0, 0.1) is 0 Å². The maximum atomic E-state index is 12.9. The Balaban J connectivity index is 1.68. The van der Waals surface area contributed by atoms with Crippen molar-refractivity contribution in [1.29, 1.82) is 0 Å². The first-order valence-corrected chi connectivity index (χ1v) is 11.1. The Morgan fingerprint density at radius 2 is 1.81 bits per heavy atom. The third-order valence-corrected chi connectivity index (χ3v) is 5.90. The summed E-state index contributed by atoms with van der Waals surface area (Å²) in [6, 6.07) is 7.37. The minimum atomic E-state index is -0.600. The first-order chi connectivity index (χ1) is 15.0. The first kappa shape index (κ1) is 23.0. The van der Waals surface area contributed by atoms with Crippen molar-refractivity contribution in [3.8, 4) is 0 Å². The molecule has 1 aromatic carbocycles. The van der Waals surface area contributed by atoms with E-state index in [-0.39, 0.29) is 12.5 Å². The van der Waals surface area contributed by atoms with Crippen LogP contribution in [-0.4, -0.2) is 79.5 Å². The fraction of sp³-hybridized carbons (Fsp3) is 0.522. The molecule has 0 atom stereocenters. The predicted octanol–water partition coefficient (Wildman–Crippen LogP) is 0.114. The van der Waals surface area contributed by atoms with Crippen LogP contribution in [0.1, 0.15) is 30.6 Å². The Kier molecular flexibility index (Phi) is 8.20. The van der Waals surface area contributed by atoms with Gasteiger partial charge in [-0.1, -0.05) is 18.2 Å². The molecule has 0 bridgehead atoms. The number of nitrogens with one attached hydrogen (secondary N) is 2. The van der Waals surface area contributed by atoms with Gasteiger partial charge in [0.1, 0.15) is 6.54 Å². The number of carbonyl (C=O) groups is 3. The van der Waals surface area contributed by atoms with Gasteiger partial charge in [0.25, 0.3) is 11.7 Å². The Morgan fingerprint density at radius 3 is 2.52 bits per heavy atom. The first-order valence-electron chi connectivity index (χ1n) is 11.1. The van der Waals surface area contributed by atoms with Gasteiger partial charge in [0.15, 0.2) is 0 Å². The van der Waals surface area contributed by atoms with Gasteiger partial charge in [-0.15, -0.1) is 0 Å². The molecule has 2 heterocycles. The van der Waals surface area contributed by atoms with Gasteiger partial charge < -0.3 is 24.4 Å². The lowest BCUT2D eigenvalue weighted by Crippen LogP contribution is -3.11. The minimum Gasteiger partial charge on any atom is -0.378 e. The Bertz CT molecular complexity index is 913. The zero-order valence-electron chi connectivity index (χ0n) is 18.5. The number of hydrogen-bond donors (Lipinski definition) is 2. The number of Topliss-reactive ketones (excluding diaryl/α,β-unsaturated/α-hetero) is 1. The zero-order valence-corrected chi connectivity index (χ0v) is 18.5. The molecule has 3 rings (SSSR count). The predicted molar refractivity (Wildman–Crippen MR) is 118 cm³/mol. The summed E-state index contributed by atoms with van der Waals surface area (Å²) >= 11 is 0. The molecule has 1 aliphatic rings. The monoisotopic (exact) mass is 429 g/mol. The van der Waals surface area contributed by atoms with E-state index in [4.69, 9.17) is 4.74 Å². The van der Waals surface area contributed by atoms with Gasteiger partial charge in [-0.3, -0.25) is 14.4 Å². The van der Waals surface area contributed by atoms with Crippen molar-refractivity contribution in [3.05, 3.63) is 36.0 Å². The van der Waals surface area contributed by atoms with Crippen LogP contribution in [0.5, 0.6) is 0 Å². The van der Waals surface area contributed by atoms with Crippen molar-refractivity contribution in [3.63, 3.8) is 0 Å². The molecule has 1 fully saturated rings. The van der Waals surface area contributed by atoms with Gasteiger partial charge in [-0.2, -0.15) is 0 Å². The molecular weight excluding hydrogens is 396 g/mol. The largest absolute Gasteiger partial charge is 0.378 e. The molecule has 8 nitrogen and oxygen atoms in total. The fourth-order valence-electron chi connectivity index (χ4n) is 3.96. The topological polar surface area (TPSA) is 85.1 Å². The highest BCUT2D eigenvalue weighted by molar-refractivity contribution is 6.45. The molecule has 31 heavy (non-hydrogen) atoms. The highest BCUT2D eigenvalue weighted by Crippen LogP contribution is 2.22. The SMILES string of the molecule is CC[NH+](CC)CCCNC(=O)C(=O)c1cn(CC(=O)N2CCOCC2)c2ccccc12. The van der Waals surface area contributed by atoms with Gasteiger partial charge in [0, 0.05) is 43.2 Å². The third kappa shape index (κ3) is 5.71. The van der Waals surface area contributed by atoms with Crippen molar-refractivity contribution in [1.82, 2.24) is 14.8 Å². The van der Waals surface area contributed by atoms with Crippen LogP contribution >= 0.6 is 0 Å². The zero-order chi connectivity index (χ0) is 22.2. The molecule has 1 aliphatic heterocycles. The molecule has 1 aromatic heterocycles. The molecular formula is C23H33N4O4+. The number of rotatable bonds is 10. The van der Waals surface area contributed by atoms with Crippen molar-refractivity contribution < 1.29 is 24.0 Å². The summed E-state index contributed by atoms with van der Waals surface area (Å²) in [5.41, 5.74) is 1.10. The molecule has 0 spiro atoms. The number of quaternary nitrogens is 1. The molecule has 0 saturated carbocycles.